The first kappa shape index (κ1) is 24.8. The molecule has 1 aromatic carbocycles. The van der Waals surface area contributed by atoms with Crippen molar-refractivity contribution in [2.24, 2.45) is 5.73 Å². The summed E-state index contributed by atoms with van der Waals surface area (Å²) in [5.41, 5.74) is 16.7. The highest BCUT2D eigenvalue weighted by Gasteiger charge is 2.37. The van der Waals surface area contributed by atoms with E-state index in [1.165, 1.54) is 19.5 Å². The lowest BCUT2D eigenvalue weighted by molar-refractivity contribution is 0.0415. The molecule has 0 radical (unpaired) electrons. The molecule has 3 aromatic heterocycles. The number of anilines is 2. The third-order valence-electron chi connectivity index (χ3n) is 7.24. The van der Waals surface area contributed by atoms with E-state index in [4.69, 9.17) is 25.9 Å². The molecule has 5 rings (SSSR count). The molecule has 0 bridgehead atoms. The summed E-state index contributed by atoms with van der Waals surface area (Å²) in [5, 5.41) is 0. The number of nitrogen functional groups attached to an aromatic ring is 1. The summed E-state index contributed by atoms with van der Waals surface area (Å²) in [6.45, 7) is 3.91. The van der Waals surface area contributed by atoms with E-state index in [9.17, 15) is 4.39 Å². The van der Waals surface area contributed by atoms with Gasteiger partial charge < -0.3 is 30.4 Å². The van der Waals surface area contributed by atoms with Crippen LogP contribution >= 0.6 is 0 Å². The Morgan fingerprint density at radius 1 is 1.16 bits per heavy atom. The standard InChI is InChI=1S/C26H31FN8O2/c1-16(36-2)26(29)7-4-8-34(13-26)21-11-30-20(17-5-6-22(37-3)19(27)9-17)10-18(21)12-35-15-33-23-24(28)31-14-32-25(23)35/h5-6,9-11,14-16H,4,7-8,12-13,29H2,1-3H3,(H2,28,31,32)/t16-,26+/m0/s1. The monoisotopic (exact) mass is 506 g/mol. The average molecular weight is 507 g/mol. The van der Waals surface area contributed by atoms with E-state index in [1.54, 1.807) is 25.6 Å². The molecule has 37 heavy (non-hydrogen) atoms. The maximum Gasteiger partial charge on any atom is 0.165 e. The maximum atomic E-state index is 14.5. The van der Waals surface area contributed by atoms with E-state index >= 15 is 0 Å². The van der Waals surface area contributed by atoms with Gasteiger partial charge in [-0.25, -0.2) is 19.3 Å². The Morgan fingerprint density at radius 3 is 2.76 bits per heavy atom. The smallest absolute Gasteiger partial charge is 0.165 e. The minimum Gasteiger partial charge on any atom is -0.494 e. The Morgan fingerprint density at radius 2 is 2.00 bits per heavy atom. The first-order valence-corrected chi connectivity index (χ1v) is 12.1. The molecule has 0 spiro atoms. The van der Waals surface area contributed by atoms with Crippen LogP contribution in [0.3, 0.4) is 0 Å². The lowest BCUT2D eigenvalue weighted by Gasteiger charge is -2.44. The van der Waals surface area contributed by atoms with Crippen LogP contribution in [0.25, 0.3) is 22.4 Å². The topological polar surface area (TPSA) is 130 Å². The van der Waals surface area contributed by atoms with E-state index < -0.39 is 11.4 Å². The summed E-state index contributed by atoms with van der Waals surface area (Å²) in [7, 11) is 3.13. The van der Waals surface area contributed by atoms with Gasteiger partial charge in [0.15, 0.2) is 23.0 Å². The van der Waals surface area contributed by atoms with Crippen molar-refractivity contribution in [1.29, 1.82) is 0 Å². The van der Waals surface area contributed by atoms with Crippen molar-refractivity contribution in [3.05, 3.63) is 54.5 Å². The van der Waals surface area contributed by atoms with Crippen LogP contribution in [-0.2, 0) is 11.3 Å². The molecule has 4 N–H and O–H groups in total. The van der Waals surface area contributed by atoms with Crippen LogP contribution in [0.15, 0.2) is 43.1 Å². The van der Waals surface area contributed by atoms with Crippen LogP contribution in [0.1, 0.15) is 25.3 Å². The highest BCUT2D eigenvalue weighted by atomic mass is 19.1. The number of halogens is 1. The molecule has 0 saturated carbocycles. The van der Waals surface area contributed by atoms with E-state index in [2.05, 4.69) is 19.9 Å². The number of imidazole rings is 1. The summed E-state index contributed by atoms with van der Waals surface area (Å²) >= 11 is 0. The van der Waals surface area contributed by atoms with Crippen LogP contribution in [0, 0.1) is 5.82 Å². The molecule has 1 aliphatic heterocycles. The van der Waals surface area contributed by atoms with Crippen molar-refractivity contribution >= 4 is 22.7 Å². The summed E-state index contributed by atoms with van der Waals surface area (Å²) in [6.07, 6.45) is 6.64. The molecule has 0 amide bonds. The number of fused-ring (bicyclic) bond motifs is 1. The first-order chi connectivity index (χ1) is 17.8. The van der Waals surface area contributed by atoms with Crippen LogP contribution in [-0.4, -0.2) is 63.5 Å². The number of rotatable bonds is 7. The predicted octanol–water partition coefficient (Wildman–Crippen LogP) is 3.00. The summed E-state index contributed by atoms with van der Waals surface area (Å²) < 4.78 is 27.1. The fourth-order valence-electron chi connectivity index (χ4n) is 4.97. The Kier molecular flexibility index (Phi) is 6.65. The third kappa shape index (κ3) is 4.67. The van der Waals surface area contributed by atoms with Crippen LogP contribution < -0.4 is 21.1 Å². The second-order valence-corrected chi connectivity index (χ2v) is 9.49. The second kappa shape index (κ2) is 9.91. The normalized spacial score (nSPS) is 18.8. The lowest BCUT2D eigenvalue weighted by atomic mass is 9.85. The lowest BCUT2D eigenvalue weighted by Crippen LogP contribution is -2.61. The molecule has 1 fully saturated rings. The Balaban J connectivity index is 1.58. The van der Waals surface area contributed by atoms with Crippen molar-refractivity contribution in [1.82, 2.24) is 24.5 Å². The molecule has 0 unspecified atom stereocenters. The molecule has 194 valence electrons. The molecule has 1 saturated heterocycles. The number of pyridine rings is 1. The number of ether oxygens (including phenoxy) is 2. The van der Waals surface area contributed by atoms with Gasteiger partial charge in [-0.2, -0.15) is 0 Å². The minimum atomic E-state index is -0.495. The minimum absolute atomic E-state index is 0.106. The van der Waals surface area contributed by atoms with E-state index in [0.717, 1.165) is 30.6 Å². The van der Waals surface area contributed by atoms with Crippen molar-refractivity contribution < 1.29 is 13.9 Å². The number of nitrogens with two attached hydrogens (primary N) is 2. The SMILES string of the molecule is COc1ccc(-c2cc(Cn3cnc4c(N)ncnc43)c(N3CCC[C@](N)([C@H](C)OC)C3)cn2)cc1F. The molecular weight excluding hydrogens is 475 g/mol. The third-order valence-corrected chi connectivity index (χ3v) is 7.24. The van der Waals surface area contributed by atoms with Gasteiger partial charge in [0.2, 0.25) is 0 Å². The predicted molar refractivity (Wildman–Crippen MR) is 140 cm³/mol. The molecule has 0 aliphatic carbocycles. The highest BCUT2D eigenvalue weighted by molar-refractivity contribution is 5.81. The van der Waals surface area contributed by atoms with E-state index in [-0.39, 0.29) is 11.9 Å². The van der Waals surface area contributed by atoms with Crippen molar-refractivity contribution in [2.45, 2.75) is 38.0 Å². The van der Waals surface area contributed by atoms with Crippen LogP contribution in [0.5, 0.6) is 5.75 Å². The Hall–Kier alpha value is -3.83. The number of nitrogens with zero attached hydrogens (tertiary/aromatic N) is 6. The van der Waals surface area contributed by atoms with E-state index in [1.807, 2.05) is 23.8 Å². The first-order valence-electron chi connectivity index (χ1n) is 12.1. The molecule has 2 atom stereocenters. The van der Waals surface area contributed by atoms with Gasteiger partial charge in [0, 0.05) is 25.8 Å². The number of aromatic nitrogens is 5. The maximum absolute atomic E-state index is 14.5. The molecule has 1 aliphatic rings. The molecule has 4 aromatic rings. The summed E-state index contributed by atoms with van der Waals surface area (Å²) in [4.78, 5) is 19.8. The quantitative estimate of drug-likeness (QED) is 0.388. The summed E-state index contributed by atoms with van der Waals surface area (Å²) in [6, 6.07) is 6.79. The second-order valence-electron chi connectivity index (χ2n) is 9.49. The van der Waals surface area contributed by atoms with Gasteiger partial charge in [0.05, 0.1) is 49.2 Å². The highest BCUT2D eigenvalue weighted by Crippen LogP contribution is 2.33. The van der Waals surface area contributed by atoms with Crippen LogP contribution in [0.4, 0.5) is 15.9 Å². The number of benzene rings is 1. The van der Waals surface area contributed by atoms with Gasteiger partial charge in [0.25, 0.3) is 0 Å². The fraction of sp³-hybridized carbons (Fsp3) is 0.385. The fourth-order valence-corrected chi connectivity index (χ4v) is 4.97. The molecular formula is C26H31FN8O2. The van der Waals surface area contributed by atoms with Gasteiger partial charge >= 0.3 is 0 Å². The molecule has 4 heterocycles. The van der Waals surface area contributed by atoms with Gasteiger partial charge in [-0.15, -0.1) is 0 Å². The van der Waals surface area contributed by atoms with Gasteiger partial charge in [-0.3, -0.25) is 4.98 Å². The van der Waals surface area contributed by atoms with E-state index in [0.29, 0.717) is 41.3 Å². The zero-order valence-corrected chi connectivity index (χ0v) is 21.2. The van der Waals surface area contributed by atoms with Crippen molar-refractivity contribution in [3.8, 4) is 17.0 Å². The number of hydrogen-bond acceptors (Lipinski definition) is 9. The zero-order chi connectivity index (χ0) is 26.2. The van der Waals surface area contributed by atoms with Crippen molar-refractivity contribution in [3.63, 3.8) is 0 Å². The molecule has 10 nitrogen and oxygen atoms in total. The number of methoxy groups -OCH3 is 2. The average Bonchev–Trinajstić information content (AvgIpc) is 3.32. The molecule has 11 heteroatoms. The zero-order valence-electron chi connectivity index (χ0n) is 21.2. The number of piperidine rings is 1. The Bertz CT molecular complexity index is 1430. The van der Waals surface area contributed by atoms with Gasteiger partial charge in [0.1, 0.15) is 11.8 Å². The Labute approximate surface area is 214 Å². The van der Waals surface area contributed by atoms with Crippen molar-refractivity contribution in [2.75, 3.05) is 37.9 Å². The number of hydrogen-bond donors (Lipinski definition) is 2. The van der Waals surface area contributed by atoms with Crippen LogP contribution in [0.2, 0.25) is 0 Å². The van der Waals surface area contributed by atoms with Gasteiger partial charge in [-0.05, 0) is 49.6 Å². The largest absolute Gasteiger partial charge is 0.494 e. The van der Waals surface area contributed by atoms with Gasteiger partial charge in [-0.1, -0.05) is 0 Å². The summed E-state index contributed by atoms with van der Waals surface area (Å²) in [5.74, 6) is 0.0610.